The third-order valence-corrected chi connectivity index (χ3v) is 4.06. The van der Waals surface area contributed by atoms with E-state index in [4.69, 9.17) is 16.7 Å². The summed E-state index contributed by atoms with van der Waals surface area (Å²) in [6.45, 7) is 3.27. The molecule has 6 heteroatoms. The van der Waals surface area contributed by atoms with Gasteiger partial charge in [-0.15, -0.1) is 0 Å². The van der Waals surface area contributed by atoms with Gasteiger partial charge in [0.05, 0.1) is 16.2 Å². The van der Waals surface area contributed by atoms with Crippen molar-refractivity contribution in [2.45, 2.75) is 6.54 Å². The molecule has 0 atom stereocenters. The molecule has 2 heterocycles. The summed E-state index contributed by atoms with van der Waals surface area (Å²) in [5.74, 6) is 0. The van der Waals surface area contributed by atoms with Gasteiger partial charge in [0.15, 0.2) is 0 Å². The topological polar surface area (TPSA) is 56.7 Å². The van der Waals surface area contributed by atoms with Gasteiger partial charge in [-0.25, -0.2) is 9.78 Å². The van der Waals surface area contributed by atoms with Gasteiger partial charge in [-0.05, 0) is 12.1 Å². The van der Waals surface area contributed by atoms with E-state index in [-0.39, 0.29) is 0 Å². The number of para-hydroxylation sites is 1. The van der Waals surface area contributed by atoms with Crippen LogP contribution in [0.3, 0.4) is 0 Å². The summed E-state index contributed by atoms with van der Waals surface area (Å²) < 4.78 is 0. The third-order valence-electron chi connectivity index (χ3n) is 3.76. The molecule has 1 aromatic heterocycles. The predicted octanol–water partition coefficient (Wildman–Crippen LogP) is 2.68. The zero-order valence-corrected chi connectivity index (χ0v) is 12.3. The van der Waals surface area contributed by atoms with Crippen LogP contribution in [0, 0.1) is 0 Å². The van der Waals surface area contributed by atoms with Gasteiger partial charge in [0.2, 0.25) is 0 Å². The van der Waals surface area contributed by atoms with Crippen LogP contribution in [0.25, 0.3) is 10.9 Å². The average molecular weight is 306 g/mol. The van der Waals surface area contributed by atoms with E-state index in [0.29, 0.717) is 24.7 Å². The Labute approximate surface area is 127 Å². The van der Waals surface area contributed by atoms with E-state index in [2.05, 4.69) is 9.88 Å². The maximum atomic E-state index is 10.9. The Bertz CT molecular complexity index is 669. The molecule has 1 saturated heterocycles. The lowest BCUT2D eigenvalue weighted by molar-refractivity contribution is 0.102. The summed E-state index contributed by atoms with van der Waals surface area (Å²) in [4.78, 5) is 19.2. The summed E-state index contributed by atoms with van der Waals surface area (Å²) in [7, 11) is 0. The Morgan fingerprint density at radius 1 is 1.19 bits per heavy atom. The highest BCUT2D eigenvalue weighted by Crippen LogP contribution is 2.22. The first-order valence-corrected chi connectivity index (χ1v) is 7.25. The number of pyridine rings is 1. The SMILES string of the molecule is O=C(O)N1CCN(Cc2ccc3cccc(Cl)c3n2)CC1. The number of carboxylic acid groups (broad SMARTS) is 1. The van der Waals surface area contributed by atoms with Crippen molar-refractivity contribution >= 4 is 28.6 Å². The fourth-order valence-electron chi connectivity index (χ4n) is 2.57. The highest BCUT2D eigenvalue weighted by atomic mass is 35.5. The number of hydrogen-bond donors (Lipinski definition) is 1. The van der Waals surface area contributed by atoms with Gasteiger partial charge >= 0.3 is 6.09 Å². The largest absolute Gasteiger partial charge is 0.465 e. The molecule has 0 saturated carbocycles. The highest BCUT2D eigenvalue weighted by Gasteiger charge is 2.20. The van der Waals surface area contributed by atoms with E-state index < -0.39 is 6.09 Å². The first kappa shape index (κ1) is 14.1. The number of rotatable bonds is 2. The van der Waals surface area contributed by atoms with Gasteiger partial charge in [-0.1, -0.05) is 29.8 Å². The summed E-state index contributed by atoms with van der Waals surface area (Å²) in [5, 5.41) is 10.6. The van der Waals surface area contributed by atoms with Gasteiger partial charge in [0.1, 0.15) is 0 Å². The van der Waals surface area contributed by atoms with Crippen molar-refractivity contribution in [1.29, 1.82) is 0 Å². The molecule has 1 aliphatic heterocycles. The molecule has 0 spiro atoms. The third kappa shape index (κ3) is 3.09. The number of hydrogen-bond acceptors (Lipinski definition) is 3. The number of aromatic nitrogens is 1. The van der Waals surface area contributed by atoms with Crippen LogP contribution in [0.4, 0.5) is 4.79 Å². The van der Waals surface area contributed by atoms with Gasteiger partial charge in [0, 0.05) is 38.1 Å². The lowest BCUT2D eigenvalue weighted by Crippen LogP contribution is -2.47. The molecule has 0 bridgehead atoms. The molecule has 1 aromatic carbocycles. The van der Waals surface area contributed by atoms with Crippen LogP contribution in [0.5, 0.6) is 0 Å². The van der Waals surface area contributed by atoms with Crippen LogP contribution in [-0.4, -0.2) is 52.2 Å². The summed E-state index contributed by atoms with van der Waals surface area (Å²) >= 11 is 6.18. The van der Waals surface area contributed by atoms with Crippen molar-refractivity contribution < 1.29 is 9.90 Å². The minimum atomic E-state index is -0.842. The molecule has 0 aliphatic carbocycles. The second kappa shape index (κ2) is 5.87. The number of fused-ring (bicyclic) bond motifs is 1. The second-order valence-electron chi connectivity index (χ2n) is 5.16. The molecule has 5 nitrogen and oxygen atoms in total. The molecule has 0 unspecified atom stereocenters. The van der Waals surface area contributed by atoms with Crippen molar-refractivity contribution in [1.82, 2.24) is 14.8 Å². The Morgan fingerprint density at radius 3 is 2.67 bits per heavy atom. The number of halogens is 1. The molecule has 1 amide bonds. The number of benzene rings is 1. The van der Waals surface area contributed by atoms with Gasteiger partial charge in [-0.2, -0.15) is 0 Å². The van der Waals surface area contributed by atoms with E-state index in [0.717, 1.165) is 29.7 Å². The first-order chi connectivity index (χ1) is 10.1. The summed E-state index contributed by atoms with van der Waals surface area (Å²) in [6.07, 6.45) is -0.842. The Balaban J connectivity index is 1.71. The van der Waals surface area contributed by atoms with Crippen LogP contribution in [-0.2, 0) is 6.54 Å². The maximum absolute atomic E-state index is 10.9. The molecular formula is C15H16ClN3O2. The van der Waals surface area contributed by atoms with Crippen molar-refractivity contribution in [3.8, 4) is 0 Å². The minimum Gasteiger partial charge on any atom is -0.465 e. The Kier molecular flexibility index (Phi) is 3.94. The standard InChI is InChI=1S/C15H16ClN3O2/c16-13-3-1-2-11-4-5-12(17-14(11)13)10-18-6-8-19(9-7-18)15(20)21/h1-5H,6-10H2,(H,20,21). The quantitative estimate of drug-likeness (QED) is 0.927. The predicted molar refractivity (Wildman–Crippen MR) is 81.6 cm³/mol. The molecule has 21 heavy (non-hydrogen) atoms. The van der Waals surface area contributed by atoms with E-state index in [1.807, 2.05) is 30.3 Å². The van der Waals surface area contributed by atoms with Gasteiger partial charge < -0.3 is 10.0 Å². The summed E-state index contributed by atoms with van der Waals surface area (Å²) in [6, 6.07) is 9.77. The number of amides is 1. The van der Waals surface area contributed by atoms with Gasteiger partial charge in [-0.3, -0.25) is 4.90 Å². The van der Waals surface area contributed by atoms with Crippen LogP contribution in [0.15, 0.2) is 30.3 Å². The lowest BCUT2D eigenvalue weighted by Gasteiger charge is -2.32. The molecule has 1 fully saturated rings. The van der Waals surface area contributed by atoms with E-state index in [1.165, 1.54) is 4.90 Å². The average Bonchev–Trinajstić information content (AvgIpc) is 2.49. The second-order valence-corrected chi connectivity index (χ2v) is 5.57. The zero-order chi connectivity index (χ0) is 14.8. The van der Waals surface area contributed by atoms with Crippen molar-refractivity contribution in [3.05, 3.63) is 41.0 Å². The maximum Gasteiger partial charge on any atom is 0.407 e. The molecule has 3 rings (SSSR count). The highest BCUT2D eigenvalue weighted by molar-refractivity contribution is 6.35. The molecule has 1 N–H and O–H groups in total. The molecular weight excluding hydrogens is 290 g/mol. The number of piperazine rings is 1. The van der Waals surface area contributed by atoms with Crippen LogP contribution >= 0.6 is 11.6 Å². The number of nitrogens with zero attached hydrogens (tertiary/aromatic N) is 3. The van der Waals surface area contributed by atoms with E-state index in [1.54, 1.807) is 0 Å². The first-order valence-electron chi connectivity index (χ1n) is 6.88. The Morgan fingerprint density at radius 2 is 1.95 bits per heavy atom. The fourth-order valence-corrected chi connectivity index (χ4v) is 2.79. The van der Waals surface area contributed by atoms with Crippen LogP contribution in [0.2, 0.25) is 5.02 Å². The zero-order valence-electron chi connectivity index (χ0n) is 11.5. The Hall–Kier alpha value is -1.85. The van der Waals surface area contributed by atoms with Crippen molar-refractivity contribution in [2.24, 2.45) is 0 Å². The molecule has 2 aromatic rings. The number of carbonyl (C=O) groups is 1. The lowest BCUT2D eigenvalue weighted by atomic mass is 10.2. The normalized spacial score (nSPS) is 16.3. The van der Waals surface area contributed by atoms with E-state index in [9.17, 15) is 4.79 Å². The fraction of sp³-hybridized carbons (Fsp3) is 0.333. The molecule has 0 radical (unpaired) electrons. The van der Waals surface area contributed by atoms with Gasteiger partial charge in [0.25, 0.3) is 0 Å². The minimum absolute atomic E-state index is 0.545. The van der Waals surface area contributed by atoms with E-state index >= 15 is 0 Å². The monoisotopic (exact) mass is 305 g/mol. The molecule has 110 valence electrons. The van der Waals surface area contributed by atoms with Crippen molar-refractivity contribution in [2.75, 3.05) is 26.2 Å². The summed E-state index contributed by atoms with van der Waals surface area (Å²) in [5.41, 5.74) is 1.78. The molecule has 1 aliphatic rings. The smallest absolute Gasteiger partial charge is 0.407 e. The van der Waals surface area contributed by atoms with Crippen molar-refractivity contribution in [3.63, 3.8) is 0 Å². The van der Waals surface area contributed by atoms with Crippen LogP contribution in [0.1, 0.15) is 5.69 Å². The van der Waals surface area contributed by atoms with Crippen LogP contribution < -0.4 is 0 Å².